The maximum Gasteiger partial charge on any atom is 0.213 e. The molecular formula is C14H22N2O. The number of rotatable bonds is 2. The fourth-order valence-corrected chi connectivity index (χ4v) is 2.75. The minimum absolute atomic E-state index is 0.310. The highest BCUT2D eigenvalue weighted by molar-refractivity contribution is 5.43. The number of pyridine rings is 1. The van der Waals surface area contributed by atoms with Gasteiger partial charge >= 0.3 is 0 Å². The van der Waals surface area contributed by atoms with E-state index in [1.807, 2.05) is 19.1 Å². The molecule has 1 fully saturated rings. The summed E-state index contributed by atoms with van der Waals surface area (Å²) in [6, 6.07) is 3.74. The van der Waals surface area contributed by atoms with Crippen LogP contribution < -0.4 is 10.5 Å². The summed E-state index contributed by atoms with van der Waals surface area (Å²) in [5, 5.41) is 0. The molecule has 0 spiro atoms. The van der Waals surface area contributed by atoms with Crippen molar-refractivity contribution in [2.24, 2.45) is 11.8 Å². The monoisotopic (exact) mass is 234 g/mol. The normalized spacial score (nSPS) is 29.0. The molecule has 1 saturated carbocycles. The van der Waals surface area contributed by atoms with E-state index >= 15 is 0 Å². The average molecular weight is 234 g/mol. The lowest BCUT2D eigenvalue weighted by Crippen LogP contribution is -2.28. The summed E-state index contributed by atoms with van der Waals surface area (Å²) in [6.45, 7) is 6.51. The summed E-state index contributed by atoms with van der Waals surface area (Å²) in [7, 11) is 0. The zero-order chi connectivity index (χ0) is 12.4. The maximum atomic E-state index is 5.97. The smallest absolute Gasteiger partial charge is 0.213 e. The molecule has 0 bridgehead atoms. The Hall–Kier alpha value is -1.25. The minimum Gasteiger partial charge on any atom is -0.474 e. The molecule has 17 heavy (non-hydrogen) atoms. The van der Waals surface area contributed by atoms with Crippen LogP contribution in [0.25, 0.3) is 0 Å². The highest BCUT2D eigenvalue weighted by Crippen LogP contribution is 2.31. The van der Waals surface area contributed by atoms with Gasteiger partial charge in [0, 0.05) is 6.07 Å². The molecule has 1 aliphatic rings. The predicted molar refractivity (Wildman–Crippen MR) is 70.0 cm³/mol. The van der Waals surface area contributed by atoms with Gasteiger partial charge in [0.2, 0.25) is 5.88 Å². The number of nitrogen functional groups attached to an aromatic ring is 1. The molecule has 2 unspecified atom stereocenters. The number of ether oxygens (including phenoxy) is 1. The number of anilines is 1. The molecule has 1 aromatic rings. The molecule has 3 nitrogen and oxygen atoms in total. The lowest BCUT2D eigenvalue weighted by Gasteiger charge is -2.31. The minimum atomic E-state index is 0.310. The average Bonchev–Trinajstić information content (AvgIpc) is 2.22. The fourth-order valence-electron chi connectivity index (χ4n) is 2.75. The first-order valence-electron chi connectivity index (χ1n) is 6.44. The van der Waals surface area contributed by atoms with Crippen LogP contribution in [0, 0.1) is 18.8 Å². The molecule has 3 heteroatoms. The van der Waals surface area contributed by atoms with Crippen LogP contribution in [0.5, 0.6) is 5.88 Å². The number of aromatic nitrogens is 1. The molecule has 0 aliphatic heterocycles. The van der Waals surface area contributed by atoms with Crippen molar-refractivity contribution in [3.05, 3.63) is 17.8 Å². The lowest BCUT2D eigenvalue weighted by molar-refractivity contribution is 0.0966. The Labute approximate surface area is 103 Å². The number of nitrogens with two attached hydrogens (primary N) is 1. The van der Waals surface area contributed by atoms with Gasteiger partial charge in [-0.1, -0.05) is 13.8 Å². The first-order valence-corrected chi connectivity index (χ1v) is 6.44. The van der Waals surface area contributed by atoms with Gasteiger partial charge in [0.05, 0.1) is 11.4 Å². The number of aryl methyl sites for hydroxylation is 1. The standard InChI is InChI=1S/C14H22N2O/c1-9-6-10(2)8-12(7-9)17-14-5-4-13(15)11(3)16-14/h4-5,9-10,12H,6-8,15H2,1-3H3. The maximum absolute atomic E-state index is 5.97. The van der Waals surface area contributed by atoms with Crippen LogP contribution in [0.3, 0.4) is 0 Å². The van der Waals surface area contributed by atoms with Crippen LogP contribution in [-0.4, -0.2) is 11.1 Å². The molecule has 2 atom stereocenters. The van der Waals surface area contributed by atoms with Crippen molar-refractivity contribution in [1.29, 1.82) is 0 Å². The van der Waals surface area contributed by atoms with Crippen molar-refractivity contribution in [2.75, 3.05) is 5.73 Å². The van der Waals surface area contributed by atoms with Gasteiger partial charge in [-0.3, -0.25) is 0 Å². The molecule has 1 aromatic heterocycles. The first kappa shape index (κ1) is 12.2. The van der Waals surface area contributed by atoms with E-state index in [1.54, 1.807) is 0 Å². The van der Waals surface area contributed by atoms with Crippen molar-refractivity contribution in [3.63, 3.8) is 0 Å². The van der Waals surface area contributed by atoms with E-state index < -0.39 is 0 Å². The van der Waals surface area contributed by atoms with Gasteiger partial charge in [0.1, 0.15) is 6.10 Å². The summed E-state index contributed by atoms with van der Waals surface area (Å²) in [4.78, 5) is 4.37. The van der Waals surface area contributed by atoms with Crippen molar-refractivity contribution in [2.45, 2.75) is 46.1 Å². The van der Waals surface area contributed by atoms with Crippen LogP contribution in [0.4, 0.5) is 5.69 Å². The Morgan fingerprint density at radius 3 is 2.41 bits per heavy atom. The fraction of sp³-hybridized carbons (Fsp3) is 0.643. The third-order valence-corrected chi connectivity index (χ3v) is 3.52. The van der Waals surface area contributed by atoms with Crippen LogP contribution in [-0.2, 0) is 0 Å². The molecule has 0 amide bonds. The highest BCUT2D eigenvalue weighted by Gasteiger charge is 2.25. The second-order valence-corrected chi connectivity index (χ2v) is 5.48. The molecule has 2 rings (SSSR count). The molecule has 0 saturated heterocycles. The number of nitrogens with zero attached hydrogens (tertiary/aromatic N) is 1. The Balaban J connectivity index is 2.02. The third-order valence-electron chi connectivity index (χ3n) is 3.52. The van der Waals surface area contributed by atoms with E-state index in [0.29, 0.717) is 12.0 Å². The SMILES string of the molecule is Cc1nc(OC2CC(C)CC(C)C2)ccc1N. The molecule has 94 valence electrons. The Morgan fingerprint density at radius 1 is 1.18 bits per heavy atom. The summed E-state index contributed by atoms with van der Waals surface area (Å²) in [5.74, 6) is 2.21. The Bertz CT molecular complexity index is 382. The van der Waals surface area contributed by atoms with E-state index in [4.69, 9.17) is 10.5 Å². The Kier molecular flexibility index (Phi) is 3.55. The van der Waals surface area contributed by atoms with E-state index in [1.165, 1.54) is 6.42 Å². The molecule has 2 N–H and O–H groups in total. The van der Waals surface area contributed by atoms with Gasteiger partial charge in [0.15, 0.2) is 0 Å². The zero-order valence-corrected chi connectivity index (χ0v) is 10.9. The highest BCUT2D eigenvalue weighted by atomic mass is 16.5. The van der Waals surface area contributed by atoms with Crippen LogP contribution in [0.2, 0.25) is 0 Å². The topological polar surface area (TPSA) is 48.1 Å². The second-order valence-electron chi connectivity index (χ2n) is 5.48. The first-order chi connectivity index (χ1) is 8.04. The van der Waals surface area contributed by atoms with E-state index in [0.717, 1.165) is 36.1 Å². The largest absolute Gasteiger partial charge is 0.474 e. The van der Waals surface area contributed by atoms with Gasteiger partial charge in [-0.25, -0.2) is 4.98 Å². The van der Waals surface area contributed by atoms with E-state index in [9.17, 15) is 0 Å². The lowest BCUT2D eigenvalue weighted by atomic mass is 9.82. The quantitative estimate of drug-likeness (QED) is 0.855. The summed E-state index contributed by atoms with van der Waals surface area (Å²) < 4.78 is 5.97. The van der Waals surface area contributed by atoms with Crippen molar-refractivity contribution >= 4 is 5.69 Å². The summed E-state index contributed by atoms with van der Waals surface area (Å²) in [6.07, 6.45) is 3.89. The van der Waals surface area contributed by atoms with Crippen molar-refractivity contribution < 1.29 is 4.74 Å². The van der Waals surface area contributed by atoms with Crippen LogP contribution in [0.15, 0.2) is 12.1 Å². The third kappa shape index (κ3) is 3.11. The van der Waals surface area contributed by atoms with Crippen molar-refractivity contribution in [3.8, 4) is 5.88 Å². The summed E-state index contributed by atoms with van der Waals surface area (Å²) in [5.41, 5.74) is 7.32. The number of hydrogen-bond donors (Lipinski definition) is 1. The van der Waals surface area contributed by atoms with Crippen LogP contribution in [0.1, 0.15) is 38.8 Å². The molecular weight excluding hydrogens is 212 g/mol. The predicted octanol–water partition coefficient (Wildman–Crippen LogP) is 3.18. The molecule has 1 heterocycles. The van der Waals surface area contributed by atoms with E-state index in [2.05, 4.69) is 18.8 Å². The van der Waals surface area contributed by atoms with E-state index in [-0.39, 0.29) is 0 Å². The molecule has 1 aliphatic carbocycles. The van der Waals surface area contributed by atoms with Crippen molar-refractivity contribution in [1.82, 2.24) is 4.98 Å². The Morgan fingerprint density at radius 2 is 1.82 bits per heavy atom. The number of hydrogen-bond acceptors (Lipinski definition) is 3. The zero-order valence-electron chi connectivity index (χ0n) is 10.9. The van der Waals surface area contributed by atoms with Gasteiger partial charge in [-0.15, -0.1) is 0 Å². The van der Waals surface area contributed by atoms with Gasteiger partial charge in [0.25, 0.3) is 0 Å². The van der Waals surface area contributed by atoms with Gasteiger partial charge in [-0.05, 0) is 44.1 Å². The van der Waals surface area contributed by atoms with Gasteiger partial charge < -0.3 is 10.5 Å². The second kappa shape index (κ2) is 4.94. The molecule has 0 radical (unpaired) electrons. The van der Waals surface area contributed by atoms with Crippen LogP contribution >= 0.6 is 0 Å². The van der Waals surface area contributed by atoms with Gasteiger partial charge in [-0.2, -0.15) is 0 Å². The molecule has 0 aromatic carbocycles. The summed E-state index contributed by atoms with van der Waals surface area (Å²) >= 11 is 0.